The number of amides is 1. The number of aromatic nitrogens is 1. The molecule has 0 saturated heterocycles. The van der Waals surface area contributed by atoms with Gasteiger partial charge in [-0.15, -0.1) is 0 Å². The number of carbonyl (C=O) groups excluding carboxylic acids is 1. The molecular weight excluding hydrogens is 337 g/mol. The zero-order valence-corrected chi connectivity index (χ0v) is 14.5. The standard InChI is InChI=1S/C16H19Cl2N3O2/c1-7-6-20-16(23)8(2)11-12-10(19-3-4-22)5-9(17)13(18)15(12)21-14(7)11/h5,7-8,19,21-22H,3-4,6H2,1-2H3,(H,20,23)/t7-,8-/m1/s1. The summed E-state index contributed by atoms with van der Waals surface area (Å²) in [6.45, 7) is 4.92. The highest BCUT2D eigenvalue weighted by Gasteiger charge is 2.31. The first kappa shape index (κ1) is 16.4. The van der Waals surface area contributed by atoms with Crippen LogP contribution in [0.25, 0.3) is 10.9 Å². The van der Waals surface area contributed by atoms with Gasteiger partial charge in [-0.3, -0.25) is 4.79 Å². The van der Waals surface area contributed by atoms with Gasteiger partial charge in [-0.2, -0.15) is 0 Å². The smallest absolute Gasteiger partial charge is 0.227 e. The van der Waals surface area contributed by atoms with Crippen molar-refractivity contribution in [1.82, 2.24) is 10.3 Å². The third-order valence-corrected chi connectivity index (χ3v) is 5.15. The minimum Gasteiger partial charge on any atom is -0.395 e. The summed E-state index contributed by atoms with van der Waals surface area (Å²) in [5, 5.41) is 17.0. The molecule has 1 aromatic heterocycles. The molecule has 1 aliphatic heterocycles. The molecule has 0 aliphatic carbocycles. The van der Waals surface area contributed by atoms with E-state index in [0.717, 1.165) is 27.8 Å². The van der Waals surface area contributed by atoms with Gasteiger partial charge in [-0.25, -0.2) is 0 Å². The van der Waals surface area contributed by atoms with Crippen LogP contribution in [-0.2, 0) is 4.79 Å². The molecule has 0 unspecified atom stereocenters. The molecule has 2 heterocycles. The monoisotopic (exact) mass is 355 g/mol. The van der Waals surface area contributed by atoms with Crippen molar-refractivity contribution in [3.63, 3.8) is 0 Å². The summed E-state index contributed by atoms with van der Waals surface area (Å²) in [4.78, 5) is 15.7. The van der Waals surface area contributed by atoms with Crippen LogP contribution in [0.3, 0.4) is 0 Å². The van der Waals surface area contributed by atoms with Crippen LogP contribution in [-0.4, -0.2) is 35.7 Å². The van der Waals surface area contributed by atoms with Crippen molar-refractivity contribution in [2.75, 3.05) is 25.0 Å². The number of hydrogen-bond donors (Lipinski definition) is 4. The molecule has 7 heteroatoms. The van der Waals surface area contributed by atoms with Gasteiger partial charge in [0, 0.05) is 35.8 Å². The Morgan fingerprint density at radius 1 is 1.39 bits per heavy atom. The van der Waals surface area contributed by atoms with E-state index in [1.807, 2.05) is 6.92 Å². The van der Waals surface area contributed by atoms with E-state index >= 15 is 0 Å². The maximum atomic E-state index is 12.3. The average Bonchev–Trinajstić information content (AvgIpc) is 2.90. The van der Waals surface area contributed by atoms with Crippen molar-refractivity contribution in [3.8, 4) is 0 Å². The fourth-order valence-electron chi connectivity index (χ4n) is 3.17. The van der Waals surface area contributed by atoms with Gasteiger partial charge in [0.25, 0.3) is 0 Å². The summed E-state index contributed by atoms with van der Waals surface area (Å²) in [6.07, 6.45) is 0. The van der Waals surface area contributed by atoms with Gasteiger partial charge < -0.3 is 20.7 Å². The quantitative estimate of drug-likeness (QED) is 0.682. The number of rotatable bonds is 3. The summed E-state index contributed by atoms with van der Waals surface area (Å²) in [5.74, 6) is -0.155. The second-order valence-electron chi connectivity index (χ2n) is 5.94. The van der Waals surface area contributed by atoms with Crippen LogP contribution in [0.5, 0.6) is 0 Å². The number of aromatic amines is 1. The molecule has 0 spiro atoms. The van der Waals surface area contributed by atoms with Gasteiger partial charge >= 0.3 is 0 Å². The highest BCUT2D eigenvalue weighted by molar-refractivity contribution is 6.45. The van der Waals surface area contributed by atoms with Gasteiger partial charge in [0.05, 0.1) is 28.1 Å². The van der Waals surface area contributed by atoms with Crippen LogP contribution in [0.15, 0.2) is 6.07 Å². The van der Waals surface area contributed by atoms with E-state index in [9.17, 15) is 4.79 Å². The Kier molecular flexibility index (Phi) is 4.45. The molecule has 124 valence electrons. The maximum Gasteiger partial charge on any atom is 0.227 e. The highest BCUT2D eigenvalue weighted by Crippen LogP contribution is 2.43. The molecule has 5 nitrogen and oxygen atoms in total. The van der Waals surface area contributed by atoms with Crippen molar-refractivity contribution >= 4 is 45.7 Å². The normalized spacial score (nSPS) is 21.0. The van der Waals surface area contributed by atoms with E-state index in [2.05, 4.69) is 22.5 Å². The number of aliphatic hydroxyl groups excluding tert-OH is 1. The number of H-pyrrole nitrogens is 1. The first-order valence-corrected chi connectivity index (χ1v) is 8.37. The Hall–Kier alpha value is -1.43. The largest absolute Gasteiger partial charge is 0.395 e. The first-order valence-electron chi connectivity index (χ1n) is 7.61. The summed E-state index contributed by atoms with van der Waals surface area (Å²) < 4.78 is 0. The molecule has 1 amide bonds. The molecule has 0 saturated carbocycles. The zero-order chi connectivity index (χ0) is 16.7. The summed E-state index contributed by atoms with van der Waals surface area (Å²) in [6, 6.07) is 1.75. The molecule has 23 heavy (non-hydrogen) atoms. The van der Waals surface area contributed by atoms with Crippen LogP contribution in [0, 0.1) is 0 Å². The predicted octanol–water partition coefficient (Wildman–Crippen LogP) is 3.22. The topological polar surface area (TPSA) is 77.2 Å². The van der Waals surface area contributed by atoms with Crippen LogP contribution >= 0.6 is 23.2 Å². The van der Waals surface area contributed by atoms with Crippen molar-refractivity contribution in [2.45, 2.75) is 25.7 Å². The Labute approximate surface area is 144 Å². The van der Waals surface area contributed by atoms with Gasteiger partial charge in [-0.05, 0) is 18.6 Å². The van der Waals surface area contributed by atoms with E-state index in [1.165, 1.54) is 0 Å². The lowest BCUT2D eigenvalue weighted by molar-refractivity contribution is -0.122. The Balaban J connectivity index is 2.33. The molecule has 1 aromatic carbocycles. The molecule has 0 bridgehead atoms. The Morgan fingerprint density at radius 3 is 2.83 bits per heavy atom. The lowest BCUT2D eigenvalue weighted by atomic mass is 9.93. The van der Waals surface area contributed by atoms with Gasteiger partial charge in [-0.1, -0.05) is 30.1 Å². The van der Waals surface area contributed by atoms with Gasteiger partial charge in [0.2, 0.25) is 5.91 Å². The van der Waals surface area contributed by atoms with Crippen molar-refractivity contribution in [1.29, 1.82) is 0 Å². The summed E-state index contributed by atoms with van der Waals surface area (Å²) >= 11 is 12.6. The molecule has 2 aromatic rings. The number of nitrogens with one attached hydrogen (secondary N) is 3. The number of halogens is 2. The number of fused-ring (bicyclic) bond motifs is 3. The zero-order valence-electron chi connectivity index (χ0n) is 13.0. The van der Waals surface area contributed by atoms with E-state index in [1.54, 1.807) is 6.07 Å². The lowest BCUT2D eigenvalue weighted by Gasteiger charge is -2.13. The van der Waals surface area contributed by atoms with Crippen molar-refractivity contribution in [2.24, 2.45) is 0 Å². The Morgan fingerprint density at radius 2 is 2.13 bits per heavy atom. The molecular formula is C16H19Cl2N3O2. The second-order valence-corrected chi connectivity index (χ2v) is 6.73. The molecule has 3 rings (SSSR count). The van der Waals surface area contributed by atoms with Crippen LogP contribution < -0.4 is 10.6 Å². The van der Waals surface area contributed by atoms with Crippen molar-refractivity contribution in [3.05, 3.63) is 27.4 Å². The second kappa shape index (κ2) is 6.23. The molecule has 1 aliphatic rings. The maximum absolute atomic E-state index is 12.3. The minimum absolute atomic E-state index is 0.000788. The third-order valence-electron chi connectivity index (χ3n) is 4.37. The fraction of sp³-hybridized carbons (Fsp3) is 0.438. The number of hydrogen-bond acceptors (Lipinski definition) is 3. The average molecular weight is 356 g/mol. The number of aliphatic hydroxyl groups is 1. The van der Waals surface area contributed by atoms with Crippen molar-refractivity contribution < 1.29 is 9.90 Å². The molecule has 2 atom stereocenters. The van der Waals surface area contributed by atoms with E-state index in [0.29, 0.717) is 23.1 Å². The number of anilines is 1. The van der Waals surface area contributed by atoms with Crippen LogP contribution in [0.1, 0.15) is 36.9 Å². The summed E-state index contributed by atoms with van der Waals surface area (Å²) in [5.41, 5.74) is 3.45. The van der Waals surface area contributed by atoms with E-state index in [4.69, 9.17) is 28.3 Å². The minimum atomic E-state index is -0.296. The third kappa shape index (κ3) is 2.67. The number of benzene rings is 1. The van der Waals surface area contributed by atoms with Gasteiger partial charge in [0.15, 0.2) is 0 Å². The molecule has 0 fully saturated rings. The van der Waals surface area contributed by atoms with E-state index in [-0.39, 0.29) is 24.3 Å². The Bertz CT molecular complexity index is 773. The van der Waals surface area contributed by atoms with Crippen LogP contribution in [0.4, 0.5) is 5.69 Å². The SMILES string of the molecule is C[C@@H]1CNC(=O)[C@H](C)c2c1[nH]c1c(Cl)c(Cl)cc(NCCO)c21. The summed E-state index contributed by atoms with van der Waals surface area (Å²) in [7, 11) is 0. The predicted molar refractivity (Wildman–Crippen MR) is 93.7 cm³/mol. The molecule has 4 N–H and O–H groups in total. The lowest BCUT2D eigenvalue weighted by Crippen LogP contribution is -2.27. The highest BCUT2D eigenvalue weighted by atomic mass is 35.5. The first-order chi connectivity index (χ1) is 11.0. The number of carbonyl (C=O) groups is 1. The fourth-order valence-corrected chi connectivity index (χ4v) is 3.57. The van der Waals surface area contributed by atoms with Crippen LogP contribution in [0.2, 0.25) is 10.0 Å². The molecule has 0 radical (unpaired) electrons. The van der Waals surface area contributed by atoms with E-state index < -0.39 is 0 Å². The van der Waals surface area contributed by atoms with Gasteiger partial charge in [0.1, 0.15) is 0 Å².